The molecular weight excluding hydrogens is 443 g/mol. The van der Waals surface area contributed by atoms with Gasteiger partial charge in [0, 0.05) is 19.5 Å². The van der Waals surface area contributed by atoms with Gasteiger partial charge in [-0.15, -0.1) is 0 Å². The number of para-hydroxylation sites is 1. The fraction of sp³-hybridized carbons (Fsp3) is 0.296. The first-order chi connectivity index (χ1) is 16.3. The maximum absolute atomic E-state index is 13.5. The lowest BCUT2D eigenvalue weighted by molar-refractivity contribution is -0.138. The average Bonchev–Trinajstić information content (AvgIpc) is 2.82. The van der Waals surface area contributed by atoms with Crippen LogP contribution < -0.4 is 9.64 Å². The molecule has 1 N–H and O–H groups in total. The predicted molar refractivity (Wildman–Crippen MR) is 124 cm³/mol. The maximum atomic E-state index is 13.5. The molecule has 0 unspecified atom stereocenters. The van der Waals surface area contributed by atoms with Gasteiger partial charge in [-0.25, -0.2) is 0 Å². The third-order valence-corrected chi connectivity index (χ3v) is 6.00. The molecule has 34 heavy (non-hydrogen) atoms. The van der Waals surface area contributed by atoms with E-state index in [2.05, 4.69) is 0 Å². The van der Waals surface area contributed by atoms with Gasteiger partial charge in [0.25, 0.3) is 0 Å². The van der Waals surface area contributed by atoms with Crippen molar-refractivity contribution in [3.8, 4) is 5.75 Å². The van der Waals surface area contributed by atoms with Crippen LogP contribution in [0.1, 0.15) is 40.7 Å². The first-order valence-electron chi connectivity index (χ1n) is 11.3. The summed E-state index contributed by atoms with van der Waals surface area (Å²) in [4.78, 5) is 12.7. The quantitative estimate of drug-likeness (QED) is 0.423. The summed E-state index contributed by atoms with van der Waals surface area (Å²) < 4.78 is 46.7. The van der Waals surface area contributed by atoms with Gasteiger partial charge in [0.15, 0.2) is 0 Å². The van der Waals surface area contributed by atoms with Crippen LogP contribution in [0.2, 0.25) is 0 Å². The van der Waals surface area contributed by atoms with Gasteiger partial charge in [-0.3, -0.25) is 4.79 Å². The molecule has 0 amide bonds. The van der Waals surface area contributed by atoms with Gasteiger partial charge in [0.1, 0.15) is 12.4 Å². The van der Waals surface area contributed by atoms with E-state index in [0.717, 1.165) is 41.3 Å². The summed E-state index contributed by atoms with van der Waals surface area (Å²) >= 11 is 0. The molecule has 0 aliphatic carbocycles. The van der Waals surface area contributed by atoms with Crippen molar-refractivity contribution in [2.45, 2.75) is 45.0 Å². The Labute approximate surface area is 196 Å². The lowest BCUT2D eigenvalue weighted by Gasteiger charge is -2.33. The molecule has 0 atom stereocenters. The van der Waals surface area contributed by atoms with Gasteiger partial charge in [-0.2, -0.15) is 13.2 Å². The largest absolute Gasteiger partial charge is 0.487 e. The Morgan fingerprint density at radius 3 is 2.44 bits per heavy atom. The van der Waals surface area contributed by atoms with Gasteiger partial charge >= 0.3 is 12.1 Å². The fourth-order valence-corrected chi connectivity index (χ4v) is 4.33. The number of halogens is 3. The number of aryl methyl sites for hydroxylation is 2. The van der Waals surface area contributed by atoms with Crippen molar-refractivity contribution < 1.29 is 27.8 Å². The minimum absolute atomic E-state index is 0.0826. The summed E-state index contributed by atoms with van der Waals surface area (Å²) in [5.74, 6) is -0.180. The number of ether oxygens (including phenoxy) is 1. The van der Waals surface area contributed by atoms with Gasteiger partial charge in [-0.05, 0) is 53.6 Å². The topological polar surface area (TPSA) is 49.8 Å². The number of rotatable bonds is 8. The van der Waals surface area contributed by atoms with E-state index >= 15 is 0 Å². The Hall–Kier alpha value is -3.48. The Morgan fingerprint density at radius 2 is 1.71 bits per heavy atom. The number of nitrogens with zero attached hydrogens (tertiary/aromatic N) is 1. The number of alkyl halides is 3. The molecule has 7 heteroatoms. The Balaban J connectivity index is 1.52. The van der Waals surface area contributed by atoms with Gasteiger partial charge in [-0.1, -0.05) is 54.6 Å². The zero-order chi connectivity index (χ0) is 24.1. The van der Waals surface area contributed by atoms with E-state index in [1.54, 1.807) is 6.07 Å². The molecule has 1 aliphatic rings. The highest BCUT2D eigenvalue weighted by Crippen LogP contribution is 2.39. The standard InChI is InChI=1S/C27H26F3NO3/c28-27(29,30)23-8-2-1-5-22(23)17-31-16-4-7-21-6-3-9-24(26(21)31)34-18-20-12-10-19(11-13-20)14-15-25(32)33/h1-3,5-6,8-13H,4,7,14-18H2,(H,32,33). The zero-order valence-electron chi connectivity index (χ0n) is 18.6. The van der Waals surface area contributed by atoms with Gasteiger partial charge < -0.3 is 14.7 Å². The van der Waals surface area contributed by atoms with Gasteiger partial charge in [0.2, 0.25) is 0 Å². The summed E-state index contributed by atoms with van der Waals surface area (Å²) in [6, 6.07) is 19.1. The van der Waals surface area contributed by atoms with Crippen molar-refractivity contribution in [1.82, 2.24) is 0 Å². The first-order valence-corrected chi connectivity index (χ1v) is 11.3. The molecule has 3 aromatic rings. The molecule has 0 spiro atoms. The summed E-state index contributed by atoms with van der Waals surface area (Å²) in [5, 5.41) is 8.83. The molecular formula is C27H26F3NO3. The summed E-state index contributed by atoms with van der Waals surface area (Å²) in [6.45, 7) is 1.11. The van der Waals surface area contributed by atoms with Crippen molar-refractivity contribution in [2.75, 3.05) is 11.4 Å². The molecule has 178 valence electrons. The number of carbonyl (C=O) groups is 1. The normalized spacial score (nSPS) is 13.4. The Bertz CT molecular complexity index is 1140. The van der Waals surface area contributed by atoms with Crippen molar-refractivity contribution in [3.63, 3.8) is 0 Å². The third kappa shape index (κ3) is 5.71. The van der Waals surface area contributed by atoms with Crippen LogP contribution >= 0.6 is 0 Å². The number of hydrogen-bond acceptors (Lipinski definition) is 3. The highest BCUT2D eigenvalue weighted by Gasteiger charge is 2.34. The number of anilines is 1. The van der Waals surface area contributed by atoms with Crippen LogP contribution in [0.4, 0.5) is 18.9 Å². The Kier molecular flexibility index (Phi) is 7.10. The molecule has 0 bridgehead atoms. The van der Waals surface area contributed by atoms with E-state index < -0.39 is 17.7 Å². The molecule has 3 aromatic carbocycles. The van der Waals surface area contributed by atoms with Crippen LogP contribution in [-0.2, 0) is 37.0 Å². The number of aliphatic carboxylic acids is 1. The summed E-state index contributed by atoms with van der Waals surface area (Å²) in [7, 11) is 0. The predicted octanol–water partition coefficient (Wildman–Crippen LogP) is 6.25. The maximum Gasteiger partial charge on any atom is 0.416 e. The van der Waals surface area contributed by atoms with E-state index in [9.17, 15) is 18.0 Å². The number of carboxylic acid groups (broad SMARTS) is 1. The van der Waals surface area contributed by atoms with Crippen LogP contribution in [0, 0.1) is 0 Å². The first kappa shape index (κ1) is 23.7. The minimum atomic E-state index is -4.40. The van der Waals surface area contributed by atoms with E-state index in [4.69, 9.17) is 9.84 Å². The van der Waals surface area contributed by atoms with Crippen LogP contribution in [-0.4, -0.2) is 17.6 Å². The number of fused-ring (bicyclic) bond motifs is 1. The van der Waals surface area contributed by atoms with Crippen molar-refractivity contribution >= 4 is 11.7 Å². The van der Waals surface area contributed by atoms with E-state index in [0.29, 0.717) is 25.3 Å². The molecule has 1 heterocycles. The third-order valence-electron chi connectivity index (χ3n) is 6.00. The molecule has 4 nitrogen and oxygen atoms in total. The van der Waals surface area contributed by atoms with Crippen molar-refractivity contribution in [1.29, 1.82) is 0 Å². The minimum Gasteiger partial charge on any atom is -0.487 e. The van der Waals surface area contributed by atoms with Crippen LogP contribution in [0.3, 0.4) is 0 Å². The number of benzene rings is 3. The second-order valence-corrected chi connectivity index (χ2v) is 8.44. The lowest BCUT2D eigenvalue weighted by atomic mass is 9.99. The second kappa shape index (κ2) is 10.2. The highest BCUT2D eigenvalue weighted by molar-refractivity contribution is 5.67. The zero-order valence-corrected chi connectivity index (χ0v) is 18.6. The van der Waals surface area contributed by atoms with Crippen LogP contribution in [0.15, 0.2) is 66.7 Å². The summed E-state index contributed by atoms with van der Waals surface area (Å²) in [5.41, 5.74) is 3.43. The molecule has 4 rings (SSSR count). The van der Waals surface area contributed by atoms with E-state index in [1.165, 1.54) is 12.1 Å². The molecule has 0 saturated carbocycles. The molecule has 0 fully saturated rings. The van der Waals surface area contributed by atoms with Crippen molar-refractivity contribution in [3.05, 3.63) is 94.5 Å². The van der Waals surface area contributed by atoms with Crippen molar-refractivity contribution in [2.24, 2.45) is 0 Å². The smallest absolute Gasteiger partial charge is 0.416 e. The van der Waals surface area contributed by atoms with Crippen LogP contribution in [0.5, 0.6) is 5.75 Å². The molecule has 0 saturated heterocycles. The second-order valence-electron chi connectivity index (χ2n) is 8.44. The average molecular weight is 470 g/mol. The van der Waals surface area contributed by atoms with Gasteiger partial charge in [0.05, 0.1) is 11.3 Å². The van der Waals surface area contributed by atoms with Crippen LogP contribution in [0.25, 0.3) is 0 Å². The lowest BCUT2D eigenvalue weighted by Crippen LogP contribution is -2.30. The highest BCUT2D eigenvalue weighted by atomic mass is 19.4. The molecule has 0 radical (unpaired) electrons. The fourth-order valence-electron chi connectivity index (χ4n) is 4.33. The van der Waals surface area contributed by atoms with E-state index in [1.807, 2.05) is 47.4 Å². The Morgan fingerprint density at radius 1 is 0.971 bits per heavy atom. The molecule has 0 aromatic heterocycles. The van der Waals surface area contributed by atoms with E-state index in [-0.39, 0.29) is 18.5 Å². The number of hydrogen-bond donors (Lipinski definition) is 1. The monoisotopic (exact) mass is 469 g/mol. The SMILES string of the molecule is O=C(O)CCc1ccc(COc2cccc3c2N(Cc2ccccc2C(F)(F)F)CCC3)cc1. The molecule has 1 aliphatic heterocycles. The number of carboxylic acids is 1. The summed E-state index contributed by atoms with van der Waals surface area (Å²) in [6.07, 6.45) is -2.14.